The van der Waals surface area contributed by atoms with E-state index < -0.39 is 0 Å². The second-order valence-corrected chi connectivity index (χ2v) is 4.87. The number of allylic oxidation sites excluding steroid dienone is 1. The van der Waals surface area contributed by atoms with Crippen molar-refractivity contribution < 1.29 is 0 Å². The van der Waals surface area contributed by atoms with E-state index in [9.17, 15) is 0 Å². The molecule has 1 unspecified atom stereocenters. The van der Waals surface area contributed by atoms with Gasteiger partial charge in [-0.05, 0) is 31.4 Å². The first kappa shape index (κ1) is 13.3. The molecule has 1 aromatic carbocycles. The molecule has 1 atom stereocenters. The summed E-state index contributed by atoms with van der Waals surface area (Å²) >= 11 is 1.85. The zero-order valence-electron chi connectivity index (χ0n) is 9.78. The number of benzene rings is 1. The van der Waals surface area contributed by atoms with Crippen LogP contribution in [0, 0.1) is 6.92 Å². The number of nitrogens with one attached hydrogen (secondary N) is 1. The number of hydrogen-bond donors (Lipinski definition) is 2. The Balaban J connectivity index is 2.43. The van der Waals surface area contributed by atoms with Gasteiger partial charge in [-0.3, -0.25) is 11.3 Å². The van der Waals surface area contributed by atoms with Gasteiger partial charge < -0.3 is 0 Å². The van der Waals surface area contributed by atoms with Crippen molar-refractivity contribution in [2.24, 2.45) is 5.84 Å². The Hall–Kier alpha value is -0.770. The summed E-state index contributed by atoms with van der Waals surface area (Å²) in [6, 6.07) is 8.78. The molecule has 0 bridgehead atoms. The molecule has 0 aliphatic carbocycles. The van der Waals surface area contributed by atoms with Gasteiger partial charge in [-0.1, -0.05) is 24.3 Å². The van der Waals surface area contributed by atoms with Crippen molar-refractivity contribution in [1.82, 2.24) is 5.43 Å². The molecule has 3 heteroatoms. The number of nitrogens with two attached hydrogens (primary N) is 1. The Morgan fingerprint density at radius 1 is 1.50 bits per heavy atom. The van der Waals surface area contributed by atoms with Crippen LogP contribution in [0.5, 0.6) is 0 Å². The average molecular weight is 236 g/mol. The second-order valence-electron chi connectivity index (χ2n) is 3.81. The maximum atomic E-state index is 5.52. The van der Waals surface area contributed by atoms with Gasteiger partial charge in [-0.2, -0.15) is 0 Å². The normalized spacial score (nSPS) is 12.4. The van der Waals surface area contributed by atoms with Crippen LogP contribution in [0.25, 0.3) is 0 Å². The molecular weight excluding hydrogens is 216 g/mol. The lowest BCUT2D eigenvalue weighted by Gasteiger charge is -2.15. The van der Waals surface area contributed by atoms with Crippen LogP contribution in [-0.2, 0) is 0 Å². The summed E-state index contributed by atoms with van der Waals surface area (Å²) < 4.78 is 0. The van der Waals surface area contributed by atoms with Gasteiger partial charge in [-0.25, -0.2) is 0 Å². The van der Waals surface area contributed by atoms with E-state index >= 15 is 0 Å². The van der Waals surface area contributed by atoms with E-state index in [0.29, 0.717) is 6.04 Å². The second kappa shape index (κ2) is 7.49. The quantitative estimate of drug-likeness (QED) is 0.331. The Bertz CT molecular complexity index is 325. The maximum absolute atomic E-state index is 5.52. The first-order valence-electron chi connectivity index (χ1n) is 5.53. The smallest absolute Gasteiger partial charge is 0.0307 e. The maximum Gasteiger partial charge on any atom is 0.0307 e. The Morgan fingerprint density at radius 2 is 2.25 bits per heavy atom. The van der Waals surface area contributed by atoms with Gasteiger partial charge in [-0.15, -0.1) is 18.3 Å². The van der Waals surface area contributed by atoms with E-state index in [2.05, 4.69) is 43.2 Å². The van der Waals surface area contributed by atoms with E-state index in [1.54, 1.807) is 0 Å². The highest BCUT2D eigenvalue weighted by molar-refractivity contribution is 7.99. The molecule has 1 rings (SSSR count). The topological polar surface area (TPSA) is 38.0 Å². The van der Waals surface area contributed by atoms with Gasteiger partial charge in [0.25, 0.3) is 0 Å². The summed E-state index contributed by atoms with van der Waals surface area (Å²) in [6.07, 6.45) is 3.98. The third kappa shape index (κ3) is 4.39. The molecule has 0 aliphatic rings. The minimum absolute atomic E-state index is 0.350. The number of aryl methyl sites for hydroxylation is 1. The average Bonchev–Trinajstić information content (AvgIpc) is 2.31. The van der Waals surface area contributed by atoms with Gasteiger partial charge in [0.1, 0.15) is 0 Å². The van der Waals surface area contributed by atoms with Crippen LogP contribution < -0.4 is 11.3 Å². The molecule has 3 N–H and O–H groups in total. The van der Waals surface area contributed by atoms with Crippen LogP contribution in [0.15, 0.2) is 41.8 Å². The lowest BCUT2D eigenvalue weighted by molar-refractivity contribution is 0.544. The van der Waals surface area contributed by atoms with Gasteiger partial charge in [0, 0.05) is 16.7 Å². The fourth-order valence-electron chi connectivity index (χ4n) is 1.44. The largest absolute Gasteiger partial charge is 0.271 e. The molecule has 2 nitrogen and oxygen atoms in total. The highest BCUT2D eigenvalue weighted by Gasteiger charge is 2.06. The first-order valence-corrected chi connectivity index (χ1v) is 6.52. The summed E-state index contributed by atoms with van der Waals surface area (Å²) in [4.78, 5) is 1.33. The summed E-state index contributed by atoms with van der Waals surface area (Å²) in [5.74, 6) is 6.51. The fourth-order valence-corrected chi connectivity index (χ4v) is 2.56. The number of hydrazine groups is 1. The molecule has 88 valence electrons. The highest BCUT2D eigenvalue weighted by Crippen LogP contribution is 2.23. The number of rotatable bonds is 7. The Labute approximate surface area is 102 Å². The Kier molecular flexibility index (Phi) is 6.23. The summed E-state index contributed by atoms with van der Waals surface area (Å²) in [5, 5.41) is 0. The van der Waals surface area contributed by atoms with Crippen molar-refractivity contribution in [3.63, 3.8) is 0 Å². The van der Waals surface area contributed by atoms with Crippen molar-refractivity contribution in [3.8, 4) is 0 Å². The van der Waals surface area contributed by atoms with Gasteiger partial charge in [0.15, 0.2) is 0 Å². The molecule has 0 aromatic heterocycles. The molecule has 0 saturated heterocycles. The summed E-state index contributed by atoms with van der Waals surface area (Å²) in [7, 11) is 0. The minimum atomic E-state index is 0.350. The van der Waals surface area contributed by atoms with Crippen molar-refractivity contribution >= 4 is 11.8 Å². The molecular formula is C13H20N2S. The number of hydrogen-bond acceptors (Lipinski definition) is 3. The van der Waals surface area contributed by atoms with Crippen LogP contribution in [0.1, 0.15) is 18.4 Å². The van der Waals surface area contributed by atoms with Crippen LogP contribution >= 0.6 is 11.8 Å². The molecule has 0 aliphatic heterocycles. The van der Waals surface area contributed by atoms with Gasteiger partial charge >= 0.3 is 0 Å². The fraction of sp³-hybridized carbons (Fsp3) is 0.385. The van der Waals surface area contributed by atoms with Crippen molar-refractivity contribution in [3.05, 3.63) is 42.5 Å². The number of thioether (sulfide) groups is 1. The molecule has 0 amide bonds. The predicted molar refractivity (Wildman–Crippen MR) is 72.4 cm³/mol. The third-order valence-corrected chi connectivity index (χ3v) is 3.83. The van der Waals surface area contributed by atoms with E-state index in [1.165, 1.54) is 10.5 Å². The SMILES string of the molecule is C=CCCC(CSc1ccccc1C)NN. The molecule has 0 radical (unpaired) electrons. The molecule has 0 spiro atoms. The van der Waals surface area contributed by atoms with E-state index in [1.807, 2.05) is 17.8 Å². The van der Waals surface area contributed by atoms with Crippen molar-refractivity contribution in [2.75, 3.05) is 5.75 Å². The standard InChI is InChI=1S/C13H20N2S/c1-3-4-8-12(15-14)10-16-13-9-6-5-7-11(13)2/h3,5-7,9,12,15H,1,4,8,10,14H2,2H3. The van der Waals surface area contributed by atoms with E-state index in [0.717, 1.165) is 18.6 Å². The third-order valence-electron chi connectivity index (χ3n) is 2.49. The highest BCUT2D eigenvalue weighted by atomic mass is 32.2. The lowest BCUT2D eigenvalue weighted by Crippen LogP contribution is -2.36. The minimum Gasteiger partial charge on any atom is -0.271 e. The molecule has 1 aromatic rings. The summed E-state index contributed by atoms with van der Waals surface area (Å²) in [6.45, 7) is 5.86. The van der Waals surface area contributed by atoms with Crippen LogP contribution in [0.2, 0.25) is 0 Å². The van der Waals surface area contributed by atoms with Crippen LogP contribution in [0.4, 0.5) is 0 Å². The Morgan fingerprint density at radius 3 is 2.88 bits per heavy atom. The molecule has 0 heterocycles. The van der Waals surface area contributed by atoms with Crippen molar-refractivity contribution in [2.45, 2.75) is 30.7 Å². The van der Waals surface area contributed by atoms with Crippen LogP contribution in [0.3, 0.4) is 0 Å². The van der Waals surface area contributed by atoms with Gasteiger partial charge in [0.05, 0.1) is 0 Å². The molecule has 0 fully saturated rings. The predicted octanol–water partition coefficient (Wildman–Crippen LogP) is 2.89. The van der Waals surface area contributed by atoms with E-state index in [4.69, 9.17) is 5.84 Å². The zero-order valence-corrected chi connectivity index (χ0v) is 10.6. The van der Waals surface area contributed by atoms with E-state index in [-0.39, 0.29) is 0 Å². The van der Waals surface area contributed by atoms with Crippen LogP contribution in [-0.4, -0.2) is 11.8 Å². The first-order chi connectivity index (χ1) is 7.77. The molecule has 16 heavy (non-hydrogen) atoms. The monoisotopic (exact) mass is 236 g/mol. The van der Waals surface area contributed by atoms with Gasteiger partial charge in [0.2, 0.25) is 0 Å². The lowest BCUT2D eigenvalue weighted by atomic mass is 10.2. The summed E-state index contributed by atoms with van der Waals surface area (Å²) in [5.41, 5.74) is 4.18. The zero-order chi connectivity index (χ0) is 11.8. The molecule has 0 saturated carbocycles. The van der Waals surface area contributed by atoms with Crippen molar-refractivity contribution in [1.29, 1.82) is 0 Å².